The van der Waals surface area contributed by atoms with E-state index in [2.05, 4.69) is 10.2 Å². The van der Waals surface area contributed by atoms with Gasteiger partial charge in [0.2, 0.25) is 10.0 Å². The van der Waals surface area contributed by atoms with Gasteiger partial charge in [-0.2, -0.15) is 4.31 Å². The van der Waals surface area contributed by atoms with Crippen molar-refractivity contribution in [1.82, 2.24) is 14.5 Å². The lowest BCUT2D eigenvalue weighted by Gasteiger charge is -2.48. The number of nitrogens with one attached hydrogen (secondary N) is 1. The molecule has 2 aliphatic carbocycles. The molecule has 4 fully saturated rings. The second kappa shape index (κ2) is 7.41. The van der Waals surface area contributed by atoms with Crippen molar-refractivity contribution in [3.05, 3.63) is 0 Å². The molecule has 2 aliphatic heterocycles. The molecule has 0 aromatic heterocycles. The van der Waals surface area contributed by atoms with Crippen LogP contribution in [0.5, 0.6) is 0 Å². The number of halogens is 1. The number of sulfonamides is 1. The molecule has 0 aromatic rings. The molecule has 0 bridgehead atoms. The summed E-state index contributed by atoms with van der Waals surface area (Å²) in [5.41, 5.74) is 0. The highest BCUT2D eigenvalue weighted by Crippen LogP contribution is 2.40. The van der Waals surface area contributed by atoms with Crippen molar-refractivity contribution in [2.24, 2.45) is 5.92 Å². The van der Waals surface area contributed by atoms with E-state index in [-0.39, 0.29) is 11.3 Å². The molecule has 144 valence electrons. The van der Waals surface area contributed by atoms with Gasteiger partial charge in [-0.1, -0.05) is 0 Å². The quantitative estimate of drug-likeness (QED) is 0.823. The van der Waals surface area contributed by atoms with E-state index >= 15 is 0 Å². The number of piperidine rings is 1. The normalized spacial score (nSPS) is 41.6. The summed E-state index contributed by atoms with van der Waals surface area (Å²) >= 11 is 0. The van der Waals surface area contributed by atoms with Gasteiger partial charge in [0.05, 0.1) is 5.25 Å². The summed E-state index contributed by atoms with van der Waals surface area (Å²) in [5, 5.41) is 3.04. The summed E-state index contributed by atoms with van der Waals surface area (Å²) < 4.78 is 41.9. The molecule has 3 atom stereocenters. The maximum atomic E-state index is 13.5. The Kier molecular flexibility index (Phi) is 5.38. The molecule has 25 heavy (non-hydrogen) atoms. The molecular formula is C18H32FN3O2S. The van der Waals surface area contributed by atoms with Gasteiger partial charge in [0.25, 0.3) is 0 Å². The fourth-order valence-electron chi connectivity index (χ4n) is 5.55. The SMILES string of the molecule is O=S(=O)(C1CCC(F)CC1)N1CCCC2CCC(N3CCNC3)CC21. The highest BCUT2D eigenvalue weighted by molar-refractivity contribution is 7.89. The van der Waals surface area contributed by atoms with Gasteiger partial charge in [0.15, 0.2) is 0 Å². The van der Waals surface area contributed by atoms with E-state index in [1.54, 1.807) is 0 Å². The second-order valence-electron chi connectivity index (χ2n) is 8.44. The largest absolute Gasteiger partial charge is 0.303 e. The van der Waals surface area contributed by atoms with Crippen LogP contribution in [-0.4, -0.2) is 67.4 Å². The number of nitrogens with zero attached hydrogens (tertiary/aromatic N) is 2. The molecular weight excluding hydrogens is 341 g/mol. The van der Waals surface area contributed by atoms with Crippen molar-refractivity contribution in [1.29, 1.82) is 0 Å². The average molecular weight is 374 g/mol. The number of hydrogen-bond acceptors (Lipinski definition) is 4. The minimum Gasteiger partial charge on any atom is -0.303 e. The zero-order valence-corrected chi connectivity index (χ0v) is 15.9. The van der Waals surface area contributed by atoms with Gasteiger partial charge >= 0.3 is 0 Å². The molecule has 0 aromatic carbocycles. The van der Waals surface area contributed by atoms with E-state index in [0.717, 1.165) is 39.0 Å². The Labute approximate surface area is 151 Å². The van der Waals surface area contributed by atoms with Crippen molar-refractivity contribution in [3.8, 4) is 0 Å². The van der Waals surface area contributed by atoms with E-state index < -0.39 is 16.2 Å². The number of alkyl halides is 1. The van der Waals surface area contributed by atoms with Gasteiger partial charge < -0.3 is 5.32 Å². The minimum atomic E-state index is -3.29. The smallest absolute Gasteiger partial charge is 0.217 e. The zero-order valence-electron chi connectivity index (χ0n) is 15.1. The van der Waals surface area contributed by atoms with Crippen LogP contribution >= 0.6 is 0 Å². The molecule has 2 heterocycles. The minimum absolute atomic E-state index is 0.168. The second-order valence-corrected chi connectivity index (χ2v) is 10.6. The van der Waals surface area contributed by atoms with E-state index in [0.29, 0.717) is 44.2 Å². The lowest BCUT2D eigenvalue weighted by molar-refractivity contribution is 0.0682. The van der Waals surface area contributed by atoms with Gasteiger partial charge in [-0.05, 0) is 63.7 Å². The third-order valence-electron chi connectivity index (χ3n) is 7.01. The predicted octanol–water partition coefficient (Wildman–Crippen LogP) is 2.09. The van der Waals surface area contributed by atoms with Gasteiger partial charge in [-0.15, -0.1) is 0 Å². The topological polar surface area (TPSA) is 52.7 Å². The molecule has 0 spiro atoms. The lowest BCUT2D eigenvalue weighted by Crippen LogP contribution is -2.56. The highest BCUT2D eigenvalue weighted by atomic mass is 32.2. The van der Waals surface area contributed by atoms with E-state index in [1.165, 1.54) is 12.8 Å². The summed E-state index contributed by atoms with van der Waals surface area (Å²) in [6.45, 7) is 3.73. The van der Waals surface area contributed by atoms with Crippen LogP contribution in [0.4, 0.5) is 4.39 Å². The van der Waals surface area contributed by atoms with Gasteiger partial charge in [0, 0.05) is 38.4 Å². The first-order chi connectivity index (χ1) is 12.1. The van der Waals surface area contributed by atoms with Crippen LogP contribution in [0, 0.1) is 5.92 Å². The third kappa shape index (κ3) is 3.62. The first-order valence-electron chi connectivity index (χ1n) is 10.1. The molecule has 3 unspecified atom stereocenters. The van der Waals surface area contributed by atoms with Crippen LogP contribution in [-0.2, 0) is 10.0 Å². The summed E-state index contributed by atoms with van der Waals surface area (Å²) in [7, 11) is -3.29. The maximum absolute atomic E-state index is 13.5. The zero-order chi connectivity index (χ0) is 17.4. The third-order valence-corrected chi connectivity index (χ3v) is 9.43. The van der Waals surface area contributed by atoms with Crippen molar-refractivity contribution in [3.63, 3.8) is 0 Å². The fourth-order valence-corrected chi connectivity index (χ4v) is 7.82. The molecule has 0 amide bonds. The van der Waals surface area contributed by atoms with E-state index in [1.807, 2.05) is 4.31 Å². The summed E-state index contributed by atoms with van der Waals surface area (Å²) in [6.07, 6.45) is 6.48. The Bertz CT molecular complexity index is 559. The number of fused-ring (bicyclic) bond motifs is 1. The first-order valence-corrected chi connectivity index (χ1v) is 11.7. The average Bonchev–Trinajstić information content (AvgIpc) is 3.16. The summed E-state index contributed by atoms with van der Waals surface area (Å²) in [5.74, 6) is 0.521. The van der Waals surface area contributed by atoms with Crippen LogP contribution < -0.4 is 5.32 Å². The molecule has 2 saturated heterocycles. The highest BCUT2D eigenvalue weighted by Gasteiger charge is 2.45. The Morgan fingerprint density at radius 2 is 1.76 bits per heavy atom. The van der Waals surface area contributed by atoms with Crippen molar-refractivity contribution < 1.29 is 12.8 Å². The van der Waals surface area contributed by atoms with Crippen LogP contribution in [0.15, 0.2) is 0 Å². The van der Waals surface area contributed by atoms with Gasteiger partial charge in [0.1, 0.15) is 6.17 Å². The molecule has 5 nitrogen and oxygen atoms in total. The maximum Gasteiger partial charge on any atom is 0.217 e. The summed E-state index contributed by atoms with van der Waals surface area (Å²) in [4.78, 5) is 2.49. The van der Waals surface area contributed by atoms with Crippen LogP contribution in [0.1, 0.15) is 57.8 Å². The van der Waals surface area contributed by atoms with Crippen LogP contribution in [0.2, 0.25) is 0 Å². The van der Waals surface area contributed by atoms with Crippen LogP contribution in [0.3, 0.4) is 0 Å². The monoisotopic (exact) mass is 373 g/mol. The Morgan fingerprint density at radius 3 is 2.48 bits per heavy atom. The van der Waals surface area contributed by atoms with Crippen molar-refractivity contribution in [2.75, 3.05) is 26.3 Å². The number of rotatable bonds is 3. The first kappa shape index (κ1) is 18.1. The summed E-state index contributed by atoms with van der Waals surface area (Å²) in [6, 6.07) is 0.676. The van der Waals surface area contributed by atoms with Crippen molar-refractivity contribution >= 4 is 10.0 Å². The fraction of sp³-hybridized carbons (Fsp3) is 1.00. The van der Waals surface area contributed by atoms with E-state index in [9.17, 15) is 12.8 Å². The van der Waals surface area contributed by atoms with E-state index in [4.69, 9.17) is 0 Å². The molecule has 0 radical (unpaired) electrons. The van der Waals surface area contributed by atoms with Gasteiger partial charge in [-0.25, -0.2) is 12.8 Å². The predicted molar refractivity (Wildman–Crippen MR) is 96.5 cm³/mol. The Morgan fingerprint density at radius 1 is 0.960 bits per heavy atom. The standard InChI is InChI=1S/C18H32FN3O2S/c19-15-4-7-17(8-5-15)25(23,24)22-10-1-2-14-3-6-16(12-18(14)22)21-11-9-20-13-21/h14-18,20H,1-13H2. The lowest BCUT2D eigenvalue weighted by atomic mass is 9.77. The molecule has 1 N–H and O–H groups in total. The Hall–Kier alpha value is -0.240. The Balaban J connectivity index is 1.49. The number of hydrogen-bond donors (Lipinski definition) is 1. The van der Waals surface area contributed by atoms with Crippen molar-refractivity contribution in [2.45, 2.75) is 81.3 Å². The van der Waals surface area contributed by atoms with Crippen LogP contribution in [0.25, 0.3) is 0 Å². The van der Waals surface area contributed by atoms with Gasteiger partial charge in [-0.3, -0.25) is 4.90 Å². The molecule has 4 rings (SSSR count). The molecule has 4 aliphatic rings. The molecule has 7 heteroatoms. The molecule has 2 saturated carbocycles.